The second-order valence-corrected chi connectivity index (χ2v) is 13.7. The van der Waals surface area contributed by atoms with Gasteiger partial charge >= 0.3 is 5.97 Å². The van der Waals surface area contributed by atoms with Crippen molar-refractivity contribution in [1.29, 1.82) is 0 Å². The van der Waals surface area contributed by atoms with Gasteiger partial charge in [0, 0.05) is 17.5 Å². The summed E-state index contributed by atoms with van der Waals surface area (Å²) in [5.74, 6) is -0.0188. The smallest absolute Gasteiger partial charge is 0.345 e. The molecule has 5 aromatic rings. The molecule has 13 heteroatoms. The zero-order valence-corrected chi connectivity index (χ0v) is 28.5. The number of aromatic nitrogens is 2. The number of halogens is 3. The number of ether oxygens (including phenoxy) is 4. The van der Waals surface area contributed by atoms with Crippen LogP contribution in [0.2, 0.25) is 10.0 Å². The second kappa shape index (κ2) is 13.6. The normalized spacial score (nSPS) is 16.3. The summed E-state index contributed by atoms with van der Waals surface area (Å²) >= 11 is 18.8. The average Bonchev–Trinajstić information content (AvgIpc) is 3.39. The van der Waals surface area contributed by atoms with E-state index in [4.69, 9.17) is 42.1 Å². The van der Waals surface area contributed by atoms with Crippen molar-refractivity contribution in [2.24, 2.45) is 0 Å². The molecule has 0 spiro atoms. The lowest BCUT2D eigenvalue weighted by molar-refractivity contribution is -0.145. The molecule has 238 valence electrons. The number of aliphatic hydroxyl groups is 1. The zero-order valence-electron chi connectivity index (χ0n) is 24.6. The maximum absolute atomic E-state index is 12.7. The van der Waals surface area contributed by atoms with Gasteiger partial charge in [-0.1, -0.05) is 53.5 Å². The standard InChI is InChI=1S/C33H27BrCl2N2O7S/c1-16-24-17(2)28(36)29(27(16)35)44-21(12-39)14-42-20-8-9-22(43-13-18-6-4-3-5-7-18)19(10-20)11-23(33(40)41)45-31-26-25(24)30(34)46-32(26)38-15-37-31/h3-10,15,21,23,39H,11-14H2,1-2H3,(H,40,41)/t21-,23-/m1/s1. The number of rotatable bonds is 5. The molecule has 2 atom stereocenters. The molecule has 0 unspecified atom stereocenters. The predicted molar refractivity (Wildman–Crippen MR) is 180 cm³/mol. The number of carboxylic acid groups (broad SMARTS) is 1. The highest BCUT2D eigenvalue weighted by atomic mass is 79.9. The molecule has 0 fully saturated rings. The lowest BCUT2D eigenvalue weighted by Gasteiger charge is -2.23. The molecule has 2 N–H and O–H groups in total. The number of hydrogen-bond acceptors (Lipinski definition) is 9. The number of carbonyl (C=O) groups is 1. The maximum atomic E-state index is 12.7. The first-order valence-corrected chi connectivity index (χ1v) is 16.5. The molecule has 0 saturated heterocycles. The molecule has 0 aliphatic carbocycles. The van der Waals surface area contributed by atoms with E-state index < -0.39 is 18.2 Å². The van der Waals surface area contributed by atoms with E-state index in [1.165, 1.54) is 17.7 Å². The molecular weight excluding hydrogens is 719 g/mol. The first kappa shape index (κ1) is 32.3. The van der Waals surface area contributed by atoms with E-state index in [0.29, 0.717) is 53.3 Å². The van der Waals surface area contributed by atoms with Crippen LogP contribution < -0.4 is 18.9 Å². The summed E-state index contributed by atoms with van der Waals surface area (Å²) in [6.07, 6.45) is -0.927. The SMILES string of the molecule is Cc1c(Cl)c2c(Cl)c(C)c1-c1c(Br)sc3ncnc(c13)O[C@@H](C(=O)O)Cc1cc(ccc1OCc1ccccc1)OC[C@@H](CO)O2. The van der Waals surface area contributed by atoms with Gasteiger partial charge < -0.3 is 29.2 Å². The highest BCUT2D eigenvalue weighted by molar-refractivity contribution is 9.11. The number of carboxylic acids is 1. The number of hydrogen-bond donors (Lipinski definition) is 2. The van der Waals surface area contributed by atoms with E-state index >= 15 is 0 Å². The van der Waals surface area contributed by atoms with Crippen molar-refractivity contribution in [3.63, 3.8) is 0 Å². The van der Waals surface area contributed by atoms with Crippen molar-refractivity contribution in [2.75, 3.05) is 13.2 Å². The predicted octanol–water partition coefficient (Wildman–Crippen LogP) is 7.83. The van der Waals surface area contributed by atoms with Gasteiger partial charge in [-0.2, -0.15) is 0 Å². The molecule has 4 bridgehead atoms. The van der Waals surface area contributed by atoms with Gasteiger partial charge in [-0.05, 0) is 70.2 Å². The largest absolute Gasteiger partial charge is 0.490 e. The Balaban J connectivity index is 1.52. The second-order valence-electron chi connectivity index (χ2n) is 10.6. The Morgan fingerprint density at radius 1 is 1.07 bits per heavy atom. The number of aliphatic carboxylic acids is 1. The number of benzene rings is 3. The van der Waals surface area contributed by atoms with Crippen molar-refractivity contribution in [1.82, 2.24) is 9.97 Å². The van der Waals surface area contributed by atoms with E-state index in [-0.39, 0.29) is 47.9 Å². The molecular formula is C33H27BrCl2N2O7S. The van der Waals surface area contributed by atoms with Gasteiger partial charge in [0.25, 0.3) is 0 Å². The Morgan fingerprint density at radius 3 is 2.50 bits per heavy atom. The lowest BCUT2D eigenvalue weighted by atomic mass is 9.95. The first-order valence-electron chi connectivity index (χ1n) is 14.2. The third kappa shape index (κ3) is 6.34. The monoisotopic (exact) mass is 744 g/mol. The molecule has 0 saturated carbocycles. The molecule has 4 heterocycles. The Bertz CT molecular complexity index is 1910. The molecule has 0 radical (unpaired) electrons. The van der Waals surface area contributed by atoms with Crippen molar-refractivity contribution in [2.45, 2.75) is 39.1 Å². The van der Waals surface area contributed by atoms with Gasteiger partial charge in [0.2, 0.25) is 12.0 Å². The van der Waals surface area contributed by atoms with Crippen LogP contribution in [0.15, 0.2) is 58.6 Å². The van der Waals surface area contributed by atoms with Crippen LogP contribution in [0.5, 0.6) is 23.1 Å². The Morgan fingerprint density at radius 2 is 1.80 bits per heavy atom. The molecule has 2 aliphatic heterocycles. The zero-order chi connectivity index (χ0) is 32.5. The van der Waals surface area contributed by atoms with Crippen LogP contribution in [-0.4, -0.2) is 51.6 Å². The Labute approximate surface area is 286 Å². The highest BCUT2D eigenvalue weighted by Gasteiger charge is 2.30. The van der Waals surface area contributed by atoms with Crippen molar-refractivity contribution < 1.29 is 34.0 Å². The van der Waals surface area contributed by atoms with Crippen molar-refractivity contribution in [3.8, 4) is 34.3 Å². The average molecular weight is 746 g/mol. The fourth-order valence-electron chi connectivity index (χ4n) is 5.28. The molecule has 2 aromatic heterocycles. The van der Waals surface area contributed by atoms with Gasteiger partial charge in [-0.25, -0.2) is 14.8 Å². The molecule has 9 nitrogen and oxygen atoms in total. The summed E-state index contributed by atoms with van der Waals surface area (Å²) in [7, 11) is 0. The number of aliphatic hydroxyl groups excluding tert-OH is 1. The fraction of sp³-hybridized carbons (Fsp3) is 0.242. The highest BCUT2D eigenvalue weighted by Crippen LogP contribution is 2.51. The molecule has 3 aromatic carbocycles. The van der Waals surface area contributed by atoms with Crippen LogP contribution in [0.25, 0.3) is 21.3 Å². The quantitative estimate of drug-likeness (QED) is 0.186. The Hall–Kier alpha value is -3.61. The molecule has 46 heavy (non-hydrogen) atoms. The topological polar surface area (TPSA) is 120 Å². The van der Waals surface area contributed by atoms with Crippen molar-refractivity contribution in [3.05, 3.63) is 90.9 Å². The van der Waals surface area contributed by atoms with E-state index in [2.05, 4.69) is 25.9 Å². The number of fused-ring (bicyclic) bond motifs is 7. The van der Waals surface area contributed by atoms with Crippen LogP contribution in [-0.2, 0) is 17.8 Å². The first-order chi connectivity index (χ1) is 22.2. The van der Waals surface area contributed by atoms with E-state index in [1.807, 2.05) is 44.2 Å². The molecule has 2 aliphatic rings. The van der Waals surface area contributed by atoms with Gasteiger partial charge in [0.15, 0.2) is 11.9 Å². The summed E-state index contributed by atoms with van der Waals surface area (Å²) < 4.78 is 25.2. The minimum absolute atomic E-state index is 0.0523. The van der Waals surface area contributed by atoms with Gasteiger partial charge in [0.1, 0.15) is 35.9 Å². The number of nitrogens with zero attached hydrogens (tertiary/aromatic N) is 2. The van der Waals surface area contributed by atoms with E-state index in [9.17, 15) is 15.0 Å². The summed E-state index contributed by atoms with van der Waals surface area (Å²) in [6, 6.07) is 14.7. The third-order valence-corrected chi connectivity index (χ3v) is 10.3. The van der Waals surface area contributed by atoms with Crippen LogP contribution in [0, 0.1) is 13.8 Å². The maximum Gasteiger partial charge on any atom is 0.345 e. The van der Waals surface area contributed by atoms with Crippen LogP contribution in [0.1, 0.15) is 22.3 Å². The van der Waals surface area contributed by atoms with E-state index in [0.717, 1.165) is 5.56 Å². The molecule has 7 rings (SSSR count). The summed E-state index contributed by atoms with van der Waals surface area (Å²) in [5.41, 5.74) is 4.13. The summed E-state index contributed by atoms with van der Waals surface area (Å²) in [5, 5.41) is 21.6. The third-order valence-electron chi connectivity index (χ3n) is 7.60. The summed E-state index contributed by atoms with van der Waals surface area (Å²) in [4.78, 5) is 22.1. The van der Waals surface area contributed by atoms with Gasteiger partial charge in [0.05, 0.1) is 25.8 Å². The number of thiophene rings is 1. The van der Waals surface area contributed by atoms with Gasteiger partial charge in [-0.15, -0.1) is 11.3 Å². The molecule has 0 amide bonds. The van der Waals surface area contributed by atoms with Crippen LogP contribution in [0.4, 0.5) is 0 Å². The van der Waals surface area contributed by atoms with Crippen molar-refractivity contribution >= 4 is 66.7 Å². The van der Waals surface area contributed by atoms with Crippen LogP contribution >= 0.6 is 50.5 Å². The Kier molecular flexibility index (Phi) is 9.58. The fourth-order valence-corrected chi connectivity index (χ4v) is 7.52. The summed E-state index contributed by atoms with van der Waals surface area (Å²) in [6.45, 7) is 3.49. The lowest BCUT2D eigenvalue weighted by Crippen LogP contribution is -2.30. The minimum Gasteiger partial charge on any atom is -0.490 e. The van der Waals surface area contributed by atoms with Gasteiger partial charge in [-0.3, -0.25) is 0 Å². The van der Waals surface area contributed by atoms with E-state index in [1.54, 1.807) is 18.2 Å². The van der Waals surface area contributed by atoms with Crippen LogP contribution in [0.3, 0.4) is 0 Å². The minimum atomic E-state index is -1.36.